The minimum Gasteiger partial charge on any atom is -0.477 e. The van der Waals surface area contributed by atoms with Gasteiger partial charge in [0.2, 0.25) is 17.7 Å². The number of aliphatic carboxylic acids is 1. The highest BCUT2D eigenvalue weighted by molar-refractivity contribution is 6.04. The molecule has 0 spiro atoms. The average molecular weight is 442 g/mol. The molecule has 0 radical (unpaired) electrons. The zero-order valence-electron chi connectivity index (χ0n) is 17.8. The number of rotatable bonds is 7. The molecule has 2 aliphatic heterocycles. The smallest absolute Gasteiger partial charge is 0.367 e. The van der Waals surface area contributed by atoms with Gasteiger partial charge in [0.1, 0.15) is 6.04 Å². The second-order valence-electron chi connectivity index (χ2n) is 8.30. The summed E-state index contributed by atoms with van der Waals surface area (Å²) in [6.45, 7) is 4.07. The average Bonchev–Trinajstić information content (AvgIpc) is 3.35. The van der Waals surface area contributed by atoms with Crippen molar-refractivity contribution in [1.29, 1.82) is 0 Å². The Bertz CT molecular complexity index is 783. The standard InChI is InChI=1S/C19H30N4O8/c1-10(20)16(27)23-9-5-7-13(23)15(26)21-18(3,19(30,31)17(28)29)14(25)12-6-4-8-22(12)11(2)24/h10,12-13,30-31H,4-9,20H2,1-3H3,(H,21,26)(H,28,29)/t10-,12-,13-,18?/m0/s1. The van der Waals surface area contributed by atoms with Crippen LogP contribution in [0.2, 0.25) is 0 Å². The SMILES string of the molecule is CC(=O)N1CCC[C@H]1C(=O)C(C)(NC(=O)[C@@H]1CCCN1C(=O)[C@H](C)N)C(O)(O)C(=O)O. The van der Waals surface area contributed by atoms with Gasteiger partial charge in [0.05, 0.1) is 12.1 Å². The van der Waals surface area contributed by atoms with E-state index in [0.717, 1.165) is 6.92 Å². The third-order valence-corrected chi connectivity index (χ3v) is 6.05. The second-order valence-corrected chi connectivity index (χ2v) is 8.30. The van der Waals surface area contributed by atoms with Crippen LogP contribution in [0.5, 0.6) is 0 Å². The molecule has 6 N–H and O–H groups in total. The van der Waals surface area contributed by atoms with Gasteiger partial charge in [-0.1, -0.05) is 0 Å². The van der Waals surface area contributed by atoms with E-state index in [2.05, 4.69) is 5.32 Å². The van der Waals surface area contributed by atoms with Crippen LogP contribution >= 0.6 is 0 Å². The van der Waals surface area contributed by atoms with Crippen molar-refractivity contribution in [2.75, 3.05) is 13.1 Å². The van der Waals surface area contributed by atoms with E-state index in [1.807, 2.05) is 0 Å². The Labute approximate surface area is 179 Å². The molecule has 2 saturated heterocycles. The van der Waals surface area contributed by atoms with Crippen LogP contribution in [0.25, 0.3) is 0 Å². The summed E-state index contributed by atoms with van der Waals surface area (Å²) in [5.74, 6) is -8.69. The van der Waals surface area contributed by atoms with Gasteiger partial charge in [0.25, 0.3) is 5.79 Å². The highest BCUT2D eigenvalue weighted by Gasteiger charge is 2.61. The summed E-state index contributed by atoms with van der Waals surface area (Å²) in [6, 6.07) is -3.06. The zero-order chi connectivity index (χ0) is 23.7. The molecule has 31 heavy (non-hydrogen) atoms. The van der Waals surface area contributed by atoms with Gasteiger partial charge < -0.3 is 36.2 Å². The minimum atomic E-state index is -3.67. The van der Waals surface area contributed by atoms with Gasteiger partial charge in [-0.15, -0.1) is 0 Å². The molecule has 12 nitrogen and oxygen atoms in total. The maximum Gasteiger partial charge on any atom is 0.367 e. The van der Waals surface area contributed by atoms with Gasteiger partial charge in [-0.25, -0.2) is 4.79 Å². The Morgan fingerprint density at radius 1 is 1.03 bits per heavy atom. The third-order valence-electron chi connectivity index (χ3n) is 6.05. The minimum absolute atomic E-state index is 0.179. The summed E-state index contributed by atoms with van der Waals surface area (Å²) in [7, 11) is 0. The van der Waals surface area contributed by atoms with Gasteiger partial charge in [0.15, 0.2) is 11.3 Å². The van der Waals surface area contributed by atoms with Crippen molar-refractivity contribution in [3.63, 3.8) is 0 Å². The van der Waals surface area contributed by atoms with Gasteiger partial charge in [-0.2, -0.15) is 0 Å². The Hall–Kier alpha value is -2.57. The fourth-order valence-corrected chi connectivity index (χ4v) is 4.18. The van der Waals surface area contributed by atoms with Crippen LogP contribution in [0.4, 0.5) is 0 Å². The van der Waals surface area contributed by atoms with E-state index in [0.29, 0.717) is 12.8 Å². The van der Waals surface area contributed by atoms with Crippen LogP contribution in [-0.2, 0) is 24.0 Å². The Morgan fingerprint density at radius 3 is 2.03 bits per heavy atom. The summed E-state index contributed by atoms with van der Waals surface area (Å²) in [5.41, 5.74) is 2.93. The zero-order valence-corrected chi connectivity index (χ0v) is 17.8. The topological polar surface area (TPSA) is 191 Å². The van der Waals surface area contributed by atoms with Crippen molar-refractivity contribution in [2.45, 2.75) is 75.9 Å². The van der Waals surface area contributed by atoms with Crippen molar-refractivity contribution >= 4 is 29.5 Å². The van der Waals surface area contributed by atoms with Crippen molar-refractivity contribution in [1.82, 2.24) is 15.1 Å². The summed E-state index contributed by atoms with van der Waals surface area (Å²) >= 11 is 0. The molecule has 2 aliphatic rings. The first-order valence-corrected chi connectivity index (χ1v) is 10.1. The normalized spacial score (nSPS) is 24.5. The fourth-order valence-electron chi connectivity index (χ4n) is 4.18. The molecule has 1 unspecified atom stereocenters. The van der Waals surface area contributed by atoms with E-state index < -0.39 is 58.9 Å². The summed E-state index contributed by atoms with van der Waals surface area (Å²) in [4.78, 5) is 64.5. The first-order chi connectivity index (χ1) is 14.3. The highest BCUT2D eigenvalue weighted by atomic mass is 16.5. The summed E-state index contributed by atoms with van der Waals surface area (Å²) < 4.78 is 0. The monoisotopic (exact) mass is 442 g/mol. The molecule has 2 heterocycles. The van der Waals surface area contributed by atoms with Gasteiger partial charge in [0, 0.05) is 20.0 Å². The lowest BCUT2D eigenvalue weighted by atomic mass is 9.81. The molecule has 2 fully saturated rings. The molecule has 0 aromatic heterocycles. The molecule has 0 aromatic carbocycles. The van der Waals surface area contributed by atoms with Crippen molar-refractivity contribution in [3.05, 3.63) is 0 Å². The Balaban J connectivity index is 2.39. The molecular formula is C19H30N4O8. The number of amides is 3. The van der Waals surface area contributed by atoms with Crippen LogP contribution in [-0.4, -0.2) is 97.1 Å². The maximum atomic E-state index is 13.3. The molecule has 0 aromatic rings. The number of carbonyl (C=O) groups excluding carboxylic acids is 4. The molecule has 2 rings (SSSR count). The molecule has 12 heteroatoms. The van der Waals surface area contributed by atoms with E-state index in [1.54, 1.807) is 0 Å². The summed E-state index contributed by atoms with van der Waals surface area (Å²) in [6.07, 6.45) is 1.34. The predicted molar refractivity (Wildman–Crippen MR) is 105 cm³/mol. The van der Waals surface area contributed by atoms with Crippen molar-refractivity contribution in [2.24, 2.45) is 5.73 Å². The molecular weight excluding hydrogens is 412 g/mol. The number of aliphatic hydroxyl groups is 2. The lowest BCUT2D eigenvalue weighted by molar-refractivity contribution is -0.229. The maximum absolute atomic E-state index is 13.3. The second kappa shape index (κ2) is 8.89. The van der Waals surface area contributed by atoms with Crippen molar-refractivity contribution < 1.29 is 39.3 Å². The van der Waals surface area contributed by atoms with E-state index in [4.69, 9.17) is 5.73 Å². The number of ketones is 1. The van der Waals surface area contributed by atoms with E-state index in [-0.39, 0.29) is 25.9 Å². The largest absolute Gasteiger partial charge is 0.477 e. The fraction of sp³-hybridized carbons (Fsp3) is 0.737. The first-order valence-electron chi connectivity index (χ1n) is 10.1. The van der Waals surface area contributed by atoms with Crippen LogP contribution in [0.1, 0.15) is 46.5 Å². The summed E-state index contributed by atoms with van der Waals surface area (Å²) in [5, 5.41) is 32.2. The quantitative estimate of drug-likeness (QED) is 0.266. The lowest BCUT2D eigenvalue weighted by Crippen LogP contribution is -2.74. The molecule has 174 valence electrons. The predicted octanol–water partition coefficient (Wildman–Crippen LogP) is -2.45. The third kappa shape index (κ3) is 4.41. The van der Waals surface area contributed by atoms with Crippen LogP contribution in [0.3, 0.4) is 0 Å². The van der Waals surface area contributed by atoms with E-state index >= 15 is 0 Å². The number of Topliss-reactive ketones (excluding diaryl/α,β-unsaturated/α-hetero) is 1. The number of nitrogens with two attached hydrogens (primary N) is 1. The molecule has 0 bridgehead atoms. The van der Waals surface area contributed by atoms with Gasteiger partial charge in [-0.05, 0) is 39.5 Å². The molecule has 4 atom stereocenters. The lowest BCUT2D eigenvalue weighted by Gasteiger charge is -2.41. The molecule has 0 aliphatic carbocycles. The first kappa shape index (κ1) is 24.7. The van der Waals surface area contributed by atoms with Crippen molar-refractivity contribution in [3.8, 4) is 0 Å². The number of hydrogen-bond donors (Lipinski definition) is 5. The van der Waals surface area contributed by atoms with Crippen LogP contribution in [0, 0.1) is 0 Å². The number of carboxylic acid groups (broad SMARTS) is 1. The van der Waals surface area contributed by atoms with Gasteiger partial charge in [-0.3, -0.25) is 19.2 Å². The van der Waals surface area contributed by atoms with Gasteiger partial charge >= 0.3 is 5.97 Å². The number of carbonyl (C=O) groups is 5. The van der Waals surface area contributed by atoms with Crippen LogP contribution < -0.4 is 11.1 Å². The van der Waals surface area contributed by atoms with Crippen LogP contribution in [0.15, 0.2) is 0 Å². The Kier molecular flexibility index (Phi) is 7.08. The number of nitrogens with one attached hydrogen (secondary N) is 1. The number of likely N-dealkylation sites (tertiary alicyclic amines) is 2. The highest BCUT2D eigenvalue weighted by Crippen LogP contribution is 2.30. The van der Waals surface area contributed by atoms with E-state index in [1.165, 1.54) is 23.6 Å². The number of hydrogen-bond acceptors (Lipinski definition) is 8. The molecule has 3 amide bonds. The molecule has 0 saturated carbocycles. The number of carboxylic acids is 1. The Morgan fingerprint density at radius 2 is 1.55 bits per heavy atom. The van der Waals surface area contributed by atoms with E-state index in [9.17, 15) is 39.3 Å². The number of nitrogens with zero attached hydrogens (tertiary/aromatic N) is 2.